The van der Waals surface area contributed by atoms with Gasteiger partial charge in [0.25, 0.3) is 5.91 Å². The van der Waals surface area contributed by atoms with Crippen LogP contribution in [0.5, 0.6) is 11.5 Å². The second-order valence-corrected chi connectivity index (χ2v) is 8.31. The van der Waals surface area contributed by atoms with Crippen molar-refractivity contribution in [1.82, 2.24) is 9.78 Å². The molecule has 4 rings (SSSR count). The van der Waals surface area contributed by atoms with Gasteiger partial charge in [-0.3, -0.25) is 9.00 Å². The van der Waals surface area contributed by atoms with Gasteiger partial charge in [-0.2, -0.15) is 5.10 Å². The van der Waals surface area contributed by atoms with Gasteiger partial charge in [-0.15, -0.1) is 0 Å². The molecule has 1 atom stereocenters. The van der Waals surface area contributed by atoms with E-state index in [4.69, 9.17) is 21.1 Å². The normalized spacial score (nSPS) is 15.1. The molecule has 9 heteroatoms. The number of anilines is 1. The van der Waals surface area contributed by atoms with Crippen LogP contribution in [0.1, 0.15) is 21.6 Å². The summed E-state index contributed by atoms with van der Waals surface area (Å²) in [5.41, 5.74) is 2.53. The maximum absolute atomic E-state index is 13.0. The third-order valence-corrected chi connectivity index (χ3v) is 6.05. The van der Waals surface area contributed by atoms with Crippen LogP contribution in [-0.4, -0.2) is 34.1 Å². The number of nitrogens with one attached hydrogen (secondary N) is 1. The number of hydrogen-bond donors (Lipinski definition) is 1. The number of methoxy groups -OCH3 is 2. The van der Waals surface area contributed by atoms with Crippen molar-refractivity contribution in [3.8, 4) is 17.2 Å². The molecule has 0 radical (unpaired) electrons. The molecule has 0 fully saturated rings. The van der Waals surface area contributed by atoms with Crippen molar-refractivity contribution in [1.29, 1.82) is 0 Å². The number of ether oxygens (including phenoxy) is 2. The minimum Gasteiger partial charge on any atom is -0.497 e. The van der Waals surface area contributed by atoms with E-state index in [1.807, 2.05) is 6.07 Å². The molecule has 1 amide bonds. The zero-order chi connectivity index (χ0) is 20.5. The topological polar surface area (TPSA) is 82.5 Å². The third-order valence-electron chi connectivity index (χ3n) is 4.61. The highest BCUT2D eigenvalue weighted by Gasteiger charge is 2.29. The van der Waals surface area contributed by atoms with Crippen LogP contribution < -0.4 is 14.8 Å². The monoisotopic (exact) mass is 431 g/mol. The number of aromatic nitrogens is 2. The molecule has 29 heavy (non-hydrogen) atoms. The van der Waals surface area contributed by atoms with Crippen LogP contribution in [0.2, 0.25) is 5.02 Å². The molecule has 1 aliphatic heterocycles. The zero-order valence-electron chi connectivity index (χ0n) is 15.8. The van der Waals surface area contributed by atoms with Gasteiger partial charge in [0.05, 0.1) is 42.7 Å². The Bertz CT molecular complexity index is 1130. The summed E-state index contributed by atoms with van der Waals surface area (Å²) in [6.45, 7) is 0. The Morgan fingerprint density at radius 2 is 2.00 bits per heavy atom. The van der Waals surface area contributed by atoms with E-state index in [-0.39, 0.29) is 5.91 Å². The molecule has 0 saturated heterocycles. The number of hydrogen-bond acceptors (Lipinski definition) is 5. The minimum absolute atomic E-state index is 0.339. The fourth-order valence-electron chi connectivity index (χ4n) is 3.21. The number of amides is 1. The highest BCUT2D eigenvalue weighted by molar-refractivity contribution is 7.83. The van der Waals surface area contributed by atoms with Gasteiger partial charge in [0, 0.05) is 27.5 Å². The number of carbonyl (C=O) groups excluding carboxylic acids is 1. The Balaban J connectivity index is 1.75. The maximum atomic E-state index is 13.0. The van der Waals surface area contributed by atoms with Gasteiger partial charge < -0.3 is 14.8 Å². The molecular formula is C20H18ClN3O4S. The Hall–Kier alpha value is -2.84. The van der Waals surface area contributed by atoms with Crippen molar-refractivity contribution in [3.05, 3.63) is 64.3 Å². The summed E-state index contributed by atoms with van der Waals surface area (Å²) in [5.74, 6) is 1.78. The van der Waals surface area contributed by atoms with Crippen LogP contribution in [-0.2, 0) is 22.3 Å². The summed E-state index contributed by atoms with van der Waals surface area (Å²) >= 11 is 6.13. The number of rotatable bonds is 5. The van der Waals surface area contributed by atoms with Crippen LogP contribution >= 0.6 is 11.6 Å². The number of benzene rings is 2. The standard InChI is InChI=1S/C20H18ClN3O4S/c1-27-14-6-7-15(18(9-14)28-2)20(25)22-19-16-10-29(26)11-17(16)23-24(19)13-5-3-4-12(21)8-13/h3-9H,10-11H2,1-2H3,(H,22,25). The van der Waals surface area contributed by atoms with E-state index >= 15 is 0 Å². The molecule has 150 valence electrons. The smallest absolute Gasteiger partial charge is 0.260 e. The lowest BCUT2D eigenvalue weighted by atomic mass is 10.1. The van der Waals surface area contributed by atoms with E-state index in [0.717, 1.165) is 5.56 Å². The van der Waals surface area contributed by atoms with Crippen LogP contribution in [0.4, 0.5) is 5.82 Å². The van der Waals surface area contributed by atoms with Gasteiger partial charge in [-0.25, -0.2) is 4.68 Å². The molecule has 3 aromatic rings. The molecule has 2 heterocycles. The van der Waals surface area contributed by atoms with E-state index in [9.17, 15) is 9.00 Å². The summed E-state index contributed by atoms with van der Waals surface area (Å²) in [5, 5.41) is 8.04. The molecule has 0 saturated carbocycles. The molecule has 1 aliphatic rings. The average molecular weight is 432 g/mol. The van der Waals surface area contributed by atoms with Crippen LogP contribution in [0.15, 0.2) is 42.5 Å². The third kappa shape index (κ3) is 3.73. The Labute approximate surface area is 175 Å². The predicted molar refractivity (Wildman–Crippen MR) is 112 cm³/mol. The number of nitrogens with zero attached hydrogens (tertiary/aromatic N) is 2. The first-order valence-electron chi connectivity index (χ1n) is 8.75. The van der Waals surface area contributed by atoms with E-state index in [2.05, 4.69) is 10.4 Å². The fourth-order valence-corrected chi connectivity index (χ4v) is 4.66. The Morgan fingerprint density at radius 3 is 2.72 bits per heavy atom. The van der Waals surface area contributed by atoms with Gasteiger partial charge >= 0.3 is 0 Å². The summed E-state index contributed by atoms with van der Waals surface area (Å²) in [4.78, 5) is 13.0. The summed E-state index contributed by atoms with van der Waals surface area (Å²) in [6.07, 6.45) is 0. The second kappa shape index (κ2) is 7.88. The maximum Gasteiger partial charge on any atom is 0.260 e. The zero-order valence-corrected chi connectivity index (χ0v) is 17.3. The first-order chi connectivity index (χ1) is 14.0. The Morgan fingerprint density at radius 1 is 1.17 bits per heavy atom. The predicted octanol–water partition coefficient (Wildman–Crippen LogP) is 3.56. The van der Waals surface area contributed by atoms with Crippen molar-refractivity contribution >= 4 is 34.1 Å². The highest BCUT2D eigenvalue weighted by Crippen LogP contribution is 2.33. The number of fused-ring (bicyclic) bond motifs is 1. The van der Waals surface area contributed by atoms with Gasteiger partial charge in [0.15, 0.2) is 0 Å². The lowest BCUT2D eigenvalue weighted by Crippen LogP contribution is -2.17. The van der Waals surface area contributed by atoms with E-state index < -0.39 is 10.8 Å². The van der Waals surface area contributed by atoms with Crippen molar-refractivity contribution in [2.45, 2.75) is 11.5 Å². The van der Waals surface area contributed by atoms with Crippen molar-refractivity contribution in [2.24, 2.45) is 0 Å². The number of carbonyl (C=O) groups is 1. The first kappa shape index (κ1) is 19.5. The molecule has 0 bridgehead atoms. The minimum atomic E-state index is -1.03. The van der Waals surface area contributed by atoms with Crippen molar-refractivity contribution in [2.75, 3.05) is 19.5 Å². The molecule has 7 nitrogen and oxygen atoms in total. The quantitative estimate of drug-likeness (QED) is 0.668. The van der Waals surface area contributed by atoms with Crippen molar-refractivity contribution in [3.63, 3.8) is 0 Å². The fraction of sp³-hybridized carbons (Fsp3) is 0.200. The van der Waals surface area contributed by atoms with Crippen molar-refractivity contribution < 1.29 is 18.5 Å². The van der Waals surface area contributed by atoms with Crippen LogP contribution in [0, 0.1) is 0 Å². The molecule has 1 N–H and O–H groups in total. The van der Waals surface area contributed by atoms with Gasteiger partial charge in [0.2, 0.25) is 0 Å². The van der Waals surface area contributed by atoms with E-state index in [1.54, 1.807) is 48.2 Å². The molecule has 1 unspecified atom stereocenters. The van der Waals surface area contributed by atoms with Crippen LogP contribution in [0.3, 0.4) is 0 Å². The molecular weight excluding hydrogens is 414 g/mol. The molecule has 1 aromatic heterocycles. The van der Waals surface area contributed by atoms with E-state index in [1.165, 1.54) is 7.11 Å². The van der Waals surface area contributed by atoms with Gasteiger partial charge in [-0.05, 0) is 30.3 Å². The van der Waals surface area contributed by atoms with Gasteiger partial charge in [-0.1, -0.05) is 17.7 Å². The highest BCUT2D eigenvalue weighted by atomic mass is 35.5. The average Bonchev–Trinajstić information content (AvgIpc) is 3.24. The summed E-state index contributed by atoms with van der Waals surface area (Å²) < 4.78 is 24.2. The largest absolute Gasteiger partial charge is 0.497 e. The molecule has 0 spiro atoms. The lowest BCUT2D eigenvalue weighted by molar-refractivity contribution is 0.102. The Kier molecular flexibility index (Phi) is 5.29. The summed E-state index contributed by atoms with van der Waals surface area (Å²) in [6, 6.07) is 12.1. The van der Waals surface area contributed by atoms with Crippen LogP contribution in [0.25, 0.3) is 5.69 Å². The molecule has 0 aliphatic carbocycles. The number of halogens is 1. The second-order valence-electron chi connectivity index (χ2n) is 6.41. The van der Waals surface area contributed by atoms with E-state index in [0.29, 0.717) is 50.8 Å². The SMILES string of the molecule is COc1ccc(C(=O)Nc2c3c(nn2-c2cccc(Cl)c2)CS(=O)C3)c(OC)c1. The molecule has 2 aromatic carbocycles. The first-order valence-corrected chi connectivity index (χ1v) is 10.6. The summed E-state index contributed by atoms with van der Waals surface area (Å²) in [7, 11) is 2.00. The lowest BCUT2D eigenvalue weighted by Gasteiger charge is -2.13. The van der Waals surface area contributed by atoms with Gasteiger partial charge in [0.1, 0.15) is 17.3 Å².